The first-order valence-electron chi connectivity index (χ1n) is 13.5. The van der Waals surface area contributed by atoms with E-state index >= 15 is 0 Å². The van der Waals surface area contributed by atoms with Gasteiger partial charge in [0.25, 0.3) is 0 Å². The van der Waals surface area contributed by atoms with Crippen LogP contribution in [0.1, 0.15) is 69.9 Å². The van der Waals surface area contributed by atoms with E-state index in [1.165, 1.54) is 0 Å². The van der Waals surface area contributed by atoms with E-state index in [9.17, 15) is 14.4 Å². The quantitative estimate of drug-likeness (QED) is 0.487. The number of likely N-dealkylation sites (tertiary alicyclic amines) is 1. The van der Waals surface area contributed by atoms with Crippen molar-refractivity contribution >= 4 is 18.2 Å². The number of hydrogen-bond acceptors (Lipinski definition) is 5. The monoisotopic (exact) mass is 522 g/mol. The van der Waals surface area contributed by atoms with Crippen molar-refractivity contribution in [3.63, 3.8) is 0 Å². The Labute approximate surface area is 224 Å². The van der Waals surface area contributed by atoms with Gasteiger partial charge in [0.05, 0.1) is 0 Å². The fourth-order valence-corrected chi connectivity index (χ4v) is 5.40. The molecule has 1 unspecified atom stereocenters. The third-order valence-electron chi connectivity index (χ3n) is 7.15. The minimum absolute atomic E-state index is 0.0239. The Morgan fingerprint density at radius 3 is 2.21 bits per heavy atom. The summed E-state index contributed by atoms with van der Waals surface area (Å²) >= 11 is 0. The number of aliphatic carboxylic acids is 1. The molecule has 1 atom stereocenters. The first kappa shape index (κ1) is 27.5. The first-order chi connectivity index (χ1) is 18.1. The van der Waals surface area contributed by atoms with E-state index in [2.05, 4.69) is 24.3 Å². The lowest BCUT2D eigenvalue weighted by Gasteiger charge is -2.31. The summed E-state index contributed by atoms with van der Waals surface area (Å²) in [5.74, 6) is -0.946. The molecular formula is C30H38N2O6. The van der Waals surface area contributed by atoms with E-state index in [0.717, 1.165) is 28.7 Å². The van der Waals surface area contributed by atoms with Crippen LogP contribution in [0.25, 0.3) is 11.1 Å². The zero-order chi connectivity index (χ0) is 27.3. The summed E-state index contributed by atoms with van der Waals surface area (Å²) in [7, 11) is 0. The summed E-state index contributed by atoms with van der Waals surface area (Å²) < 4.78 is 11.5. The molecular weight excluding hydrogens is 484 g/mol. The van der Waals surface area contributed by atoms with Gasteiger partial charge in [-0.1, -0.05) is 48.5 Å². The largest absolute Gasteiger partial charge is 0.481 e. The van der Waals surface area contributed by atoms with E-state index in [0.29, 0.717) is 38.9 Å². The smallest absolute Gasteiger partial charge is 0.410 e. The normalized spacial score (nSPS) is 17.2. The molecule has 204 valence electrons. The Morgan fingerprint density at radius 1 is 0.974 bits per heavy atom. The number of carboxylic acids is 1. The van der Waals surface area contributed by atoms with Gasteiger partial charge in [-0.05, 0) is 68.7 Å². The van der Waals surface area contributed by atoms with E-state index in [-0.39, 0.29) is 31.1 Å². The van der Waals surface area contributed by atoms with Crippen LogP contribution in [0.3, 0.4) is 0 Å². The Balaban J connectivity index is 1.44. The number of carboxylic acid groups (broad SMARTS) is 1. The standard InChI is InChI=1S/C30H38N2O6/c1-30(2,3)38-28(35)31-17-8-10-21(16-19-31)32(18-9-15-27(33)34)29(36)37-20-26-24-13-6-4-11-22(24)23-12-5-7-14-25(23)26/h4-7,11-14,21,26H,8-10,15-20H2,1-3H3,(H,33,34). The van der Waals surface area contributed by atoms with Crippen LogP contribution >= 0.6 is 0 Å². The van der Waals surface area contributed by atoms with Gasteiger partial charge in [0.1, 0.15) is 12.2 Å². The van der Waals surface area contributed by atoms with Crippen molar-refractivity contribution in [1.82, 2.24) is 9.80 Å². The molecule has 0 bridgehead atoms. The third-order valence-corrected chi connectivity index (χ3v) is 7.15. The minimum Gasteiger partial charge on any atom is -0.481 e. The zero-order valence-corrected chi connectivity index (χ0v) is 22.5. The highest BCUT2D eigenvalue weighted by molar-refractivity contribution is 5.79. The molecule has 2 aromatic rings. The lowest BCUT2D eigenvalue weighted by molar-refractivity contribution is -0.137. The molecule has 2 aromatic carbocycles. The van der Waals surface area contributed by atoms with Crippen molar-refractivity contribution in [2.75, 3.05) is 26.2 Å². The van der Waals surface area contributed by atoms with Crippen LogP contribution in [0.4, 0.5) is 9.59 Å². The Hall–Kier alpha value is -3.55. The third kappa shape index (κ3) is 6.65. The van der Waals surface area contributed by atoms with Crippen molar-refractivity contribution in [3.8, 4) is 11.1 Å². The molecule has 38 heavy (non-hydrogen) atoms. The summed E-state index contributed by atoms with van der Waals surface area (Å²) in [6.07, 6.45) is 1.53. The molecule has 0 spiro atoms. The Morgan fingerprint density at radius 2 is 1.61 bits per heavy atom. The summed E-state index contributed by atoms with van der Waals surface area (Å²) in [5.41, 5.74) is 4.03. The second-order valence-corrected chi connectivity index (χ2v) is 11.0. The Bertz CT molecular complexity index is 1110. The average molecular weight is 523 g/mol. The van der Waals surface area contributed by atoms with Gasteiger partial charge in [0.2, 0.25) is 0 Å². The topological polar surface area (TPSA) is 96.4 Å². The van der Waals surface area contributed by atoms with Gasteiger partial charge >= 0.3 is 18.2 Å². The van der Waals surface area contributed by atoms with E-state index < -0.39 is 17.7 Å². The fourth-order valence-electron chi connectivity index (χ4n) is 5.40. The second kappa shape index (κ2) is 11.9. The van der Waals surface area contributed by atoms with E-state index in [1.807, 2.05) is 45.0 Å². The predicted molar refractivity (Wildman–Crippen MR) is 144 cm³/mol. The van der Waals surface area contributed by atoms with Crippen LogP contribution < -0.4 is 0 Å². The fraction of sp³-hybridized carbons (Fsp3) is 0.500. The van der Waals surface area contributed by atoms with Gasteiger partial charge in [0, 0.05) is 38.0 Å². The number of ether oxygens (including phenoxy) is 2. The van der Waals surface area contributed by atoms with Crippen LogP contribution in [0, 0.1) is 0 Å². The molecule has 0 saturated carbocycles. The van der Waals surface area contributed by atoms with Gasteiger partial charge in [-0.3, -0.25) is 4.79 Å². The molecule has 2 aliphatic rings. The van der Waals surface area contributed by atoms with Crippen molar-refractivity contribution in [2.45, 2.75) is 70.4 Å². The van der Waals surface area contributed by atoms with Crippen LogP contribution in [-0.2, 0) is 14.3 Å². The summed E-state index contributed by atoms with van der Waals surface area (Å²) in [6, 6.07) is 16.2. The number of carbonyl (C=O) groups excluding carboxylic acids is 2. The highest BCUT2D eigenvalue weighted by atomic mass is 16.6. The number of rotatable bonds is 7. The summed E-state index contributed by atoms with van der Waals surface area (Å²) in [5, 5.41) is 9.15. The SMILES string of the molecule is CC(C)(C)OC(=O)N1CCCC(N(CCCC(=O)O)C(=O)OCC2c3ccccc3-c3ccccc32)CC1. The Kier molecular flexibility index (Phi) is 8.59. The predicted octanol–water partition coefficient (Wildman–Crippen LogP) is 5.89. The average Bonchev–Trinajstić information content (AvgIpc) is 2.99. The van der Waals surface area contributed by atoms with Crippen molar-refractivity contribution in [3.05, 3.63) is 59.7 Å². The molecule has 0 aromatic heterocycles. The van der Waals surface area contributed by atoms with Gasteiger partial charge < -0.3 is 24.4 Å². The first-order valence-corrected chi connectivity index (χ1v) is 13.5. The maximum atomic E-state index is 13.5. The second-order valence-electron chi connectivity index (χ2n) is 11.0. The number of amides is 2. The minimum atomic E-state index is -0.894. The molecule has 1 N–H and O–H groups in total. The van der Waals surface area contributed by atoms with E-state index in [4.69, 9.17) is 14.6 Å². The molecule has 1 aliphatic carbocycles. The molecule has 1 saturated heterocycles. The highest BCUT2D eigenvalue weighted by Crippen LogP contribution is 2.44. The number of hydrogen-bond donors (Lipinski definition) is 1. The number of fused-ring (bicyclic) bond motifs is 3. The summed E-state index contributed by atoms with van der Waals surface area (Å²) in [4.78, 5) is 40.6. The molecule has 8 heteroatoms. The van der Waals surface area contributed by atoms with Gasteiger partial charge in [-0.2, -0.15) is 0 Å². The van der Waals surface area contributed by atoms with Crippen molar-refractivity contribution in [1.29, 1.82) is 0 Å². The van der Waals surface area contributed by atoms with Gasteiger partial charge in [0.15, 0.2) is 0 Å². The van der Waals surface area contributed by atoms with Crippen LogP contribution in [0.2, 0.25) is 0 Å². The lowest BCUT2D eigenvalue weighted by Crippen LogP contribution is -2.43. The maximum absolute atomic E-state index is 13.5. The highest BCUT2D eigenvalue weighted by Gasteiger charge is 2.33. The maximum Gasteiger partial charge on any atom is 0.410 e. The van der Waals surface area contributed by atoms with Crippen LogP contribution in [0.15, 0.2) is 48.5 Å². The van der Waals surface area contributed by atoms with Crippen molar-refractivity contribution in [2.24, 2.45) is 0 Å². The molecule has 1 fully saturated rings. The van der Waals surface area contributed by atoms with Crippen LogP contribution in [0.5, 0.6) is 0 Å². The molecule has 1 aliphatic heterocycles. The lowest BCUT2D eigenvalue weighted by atomic mass is 9.98. The van der Waals surface area contributed by atoms with Crippen LogP contribution in [-0.4, -0.2) is 70.9 Å². The van der Waals surface area contributed by atoms with E-state index in [1.54, 1.807) is 9.80 Å². The van der Waals surface area contributed by atoms with Gasteiger partial charge in [-0.25, -0.2) is 9.59 Å². The van der Waals surface area contributed by atoms with Gasteiger partial charge in [-0.15, -0.1) is 0 Å². The van der Waals surface area contributed by atoms with Crippen molar-refractivity contribution < 1.29 is 29.0 Å². The molecule has 1 heterocycles. The molecule has 2 amide bonds. The number of benzene rings is 2. The summed E-state index contributed by atoms with van der Waals surface area (Å²) in [6.45, 7) is 7.04. The zero-order valence-electron chi connectivity index (χ0n) is 22.5. The molecule has 4 rings (SSSR count). The molecule has 8 nitrogen and oxygen atoms in total. The number of nitrogens with zero attached hydrogens (tertiary/aromatic N) is 2. The molecule has 0 radical (unpaired) electrons. The number of carbonyl (C=O) groups is 3.